The van der Waals surface area contributed by atoms with Gasteiger partial charge in [0.15, 0.2) is 0 Å². The third kappa shape index (κ3) is 5.42. The first-order valence-electron chi connectivity index (χ1n) is 11.2. The van der Waals surface area contributed by atoms with Crippen LogP contribution in [0.3, 0.4) is 0 Å². The number of carbonyl (C=O) groups is 2. The van der Waals surface area contributed by atoms with E-state index < -0.39 is 0 Å². The highest BCUT2D eigenvalue weighted by molar-refractivity contribution is 5.94. The molecule has 0 saturated carbocycles. The smallest absolute Gasteiger partial charge is 0.251 e. The average Bonchev–Trinajstić information content (AvgIpc) is 2.86. The number of benzene rings is 3. The van der Waals surface area contributed by atoms with Crippen LogP contribution in [0.15, 0.2) is 91.0 Å². The van der Waals surface area contributed by atoms with Gasteiger partial charge in [-0.3, -0.25) is 14.5 Å². The van der Waals surface area contributed by atoms with Gasteiger partial charge in [0, 0.05) is 44.7 Å². The fraction of sp³-hybridized carbons (Fsp3) is 0.259. The van der Waals surface area contributed by atoms with E-state index >= 15 is 0 Å². The quantitative estimate of drug-likeness (QED) is 0.625. The molecule has 0 unspecified atom stereocenters. The van der Waals surface area contributed by atoms with Gasteiger partial charge in [0.05, 0.1) is 6.04 Å². The second-order valence-corrected chi connectivity index (χ2v) is 8.01. The van der Waals surface area contributed by atoms with Crippen molar-refractivity contribution in [2.75, 3.05) is 32.7 Å². The van der Waals surface area contributed by atoms with Crippen molar-refractivity contribution in [1.29, 1.82) is 0 Å². The first-order chi connectivity index (χ1) is 15.7. The monoisotopic (exact) mass is 427 g/mol. The van der Waals surface area contributed by atoms with E-state index in [0.29, 0.717) is 31.6 Å². The number of rotatable bonds is 7. The zero-order valence-corrected chi connectivity index (χ0v) is 18.2. The fourth-order valence-corrected chi connectivity index (χ4v) is 4.25. The van der Waals surface area contributed by atoms with Crippen LogP contribution in [-0.2, 0) is 4.79 Å². The van der Waals surface area contributed by atoms with Crippen LogP contribution in [0.4, 0.5) is 0 Å². The number of carbonyl (C=O) groups excluding carboxylic acids is 2. The van der Waals surface area contributed by atoms with Gasteiger partial charge in [-0.05, 0) is 23.3 Å². The Morgan fingerprint density at radius 2 is 1.22 bits per heavy atom. The molecule has 1 N–H and O–H groups in total. The summed E-state index contributed by atoms with van der Waals surface area (Å²) in [5.74, 6) is -0.0502. The highest BCUT2D eigenvalue weighted by Gasteiger charge is 2.27. The van der Waals surface area contributed by atoms with Gasteiger partial charge >= 0.3 is 0 Å². The Bertz CT molecular complexity index is 961. The number of hydrogen-bond donors (Lipinski definition) is 1. The maximum atomic E-state index is 12.7. The predicted molar refractivity (Wildman–Crippen MR) is 126 cm³/mol. The van der Waals surface area contributed by atoms with Gasteiger partial charge in [0.2, 0.25) is 5.91 Å². The van der Waals surface area contributed by atoms with E-state index in [-0.39, 0.29) is 17.9 Å². The molecule has 164 valence electrons. The van der Waals surface area contributed by atoms with Crippen molar-refractivity contribution in [1.82, 2.24) is 15.1 Å². The zero-order valence-electron chi connectivity index (χ0n) is 18.2. The second-order valence-electron chi connectivity index (χ2n) is 8.01. The summed E-state index contributed by atoms with van der Waals surface area (Å²) in [6.07, 6.45) is 0.319. The summed E-state index contributed by atoms with van der Waals surface area (Å²) in [7, 11) is 0. The standard InChI is InChI=1S/C27H29N3O2/c31-25(16-17-28-27(32)24-14-8-3-9-15-24)29-18-20-30(21-19-29)26(22-10-4-1-5-11-22)23-12-6-2-7-13-23/h1-15,26H,16-21H2,(H,28,32). The molecule has 1 aliphatic heterocycles. The van der Waals surface area contributed by atoms with Gasteiger partial charge in [0.25, 0.3) is 5.91 Å². The average molecular weight is 428 g/mol. The summed E-state index contributed by atoms with van der Waals surface area (Å²) in [6.45, 7) is 3.37. The molecule has 0 spiro atoms. The maximum absolute atomic E-state index is 12.7. The minimum Gasteiger partial charge on any atom is -0.352 e. The Hall–Kier alpha value is -3.44. The molecule has 0 aliphatic carbocycles. The molecule has 0 aromatic heterocycles. The van der Waals surface area contributed by atoms with Gasteiger partial charge in [0.1, 0.15) is 0 Å². The third-order valence-electron chi connectivity index (χ3n) is 5.92. The first-order valence-corrected chi connectivity index (χ1v) is 11.2. The van der Waals surface area contributed by atoms with Crippen LogP contribution < -0.4 is 5.32 Å². The highest BCUT2D eigenvalue weighted by Crippen LogP contribution is 2.29. The molecular formula is C27H29N3O2. The summed E-state index contributed by atoms with van der Waals surface area (Å²) >= 11 is 0. The van der Waals surface area contributed by atoms with Crippen molar-refractivity contribution in [3.63, 3.8) is 0 Å². The van der Waals surface area contributed by atoms with Crippen molar-refractivity contribution in [3.8, 4) is 0 Å². The Morgan fingerprint density at radius 3 is 1.75 bits per heavy atom. The molecule has 5 heteroatoms. The van der Waals surface area contributed by atoms with Crippen LogP contribution in [0, 0.1) is 0 Å². The largest absolute Gasteiger partial charge is 0.352 e. The van der Waals surface area contributed by atoms with E-state index in [1.165, 1.54) is 11.1 Å². The number of nitrogens with zero attached hydrogens (tertiary/aromatic N) is 2. The molecule has 3 aromatic carbocycles. The maximum Gasteiger partial charge on any atom is 0.251 e. The van der Waals surface area contributed by atoms with Gasteiger partial charge < -0.3 is 10.2 Å². The van der Waals surface area contributed by atoms with Crippen LogP contribution in [-0.4, -0.2) is 54.3 Å². The van der Waals surface area contributed by atoms with Crippen LogP contribution in [0.1, 0.15) is 33.9 Å². The lowest BCUT2D eigenvalue weighted by Crippen LogP contribution is -2.50. The number of piperazine rings is 1. The van der Waals surface area contributed by atoms with Gasteiger partial charge in [-0.2, -0.15) is 0 Å². The zero-order chi connectivity index (χ0) is 22.2. The molecule has 0 radical (unpaired) electrons. The summed E-state index contributed by atoms with van der Waals surface area (Å²) < 4.78 is 0. The van der Waals surface area contributed by atoms with E-state index in [4.69, 9.17) is 0 Å². The molecule has 32 heavy (non-hydrogen) atoms. The predicted octanol–water partition coefficient (Wildman–Crippen LogP) is 3.74. The molecule has 1 saturated heterocycles. The summed E-state index contributed by atoms with van der Waals surface area (Å²) in [5, 5.41) is 2.84. The molecule has 1 aliphatic rings. The Balaban J connectivity index is 1.31. The first kappa shape index (κ1) is 21.8. The van der Waals surface area contributed by atoms with Crippen molar-refractivity contribution >= 4 is 11.8 Å². The van der Waals surface area contributed by atoms with Gasteiger partial charge in [-0.15, -0.1) is 0 Å². The molecule has 1 heterocycles. The summed E-state index contributed by atoms with van der Waals surface area (Å²) in [6, 6.07) is 30.3. The number of nitrogens with one attached hydrogen (secondary N) is 1. The SMILES string of the molecule is O=C(NCCC(=O)N1CCN(C(c2ccccc2)c2ccccc2)CC1)c1ccccc1. The minimum absolute atomic E-state index is 0.0917. The van der Waals surface area contributed by atoms with Crippen LogP contribution in [0.2, 0.25) is 0 Å². The van der Waals surface area contributed by atoms with E-state index in [2.05, 4.69) is 58.7 Å². The lowest BCUT2D eigenvalue weighted by Gasteiger charge is -2.40. The number of hydrogen-bond acceptors (Lipinski definition) is 3. The topological polar surface area (TPSA) is 52.7 Å². The van der Waals surface area contributed by atoms with E-state index in [1.54, 1.807) is 12.1 Å². The molecule has 0 atom stereocenters. The normalized spacial score (nSPS) is 14.3. The van der Waals surface area contributed by atoms with Gasteiger partial charge in [-0.25, -0.2) is 0 Å². The highest BCUT2D eigenvalue weighted by atomic mass is 16.2. The Labute approximate surface area is 189 Å². The summed E-state index contributed by atoms with van der Waals surface area (Å²) in [4.78, 5) is 29.2. The van der Waals surface area contributed by atoms with Crippen LogP contribution in [0.25, 0.3) is 0 Å². The Morgan fingerprint density at radius 1 is 0.719 bits per heavy atom. The van der Waals surface area contributed by atoms with E-state index in [0.717, 1.165) is 13.1 Å². The second kappa shape index (κ2) is 10.7. The lowest BCUT2D eigenvalue weighted by atomic mass is 9.96. The Kier molecular flexibility index (Phi) is 7.31. The van der Waals surface area contributed by atoms with Crippen LogP contribution in [0.5, 0.6) is 0 Å². The van der Waals surface area contributed by atoms with Crippen molar-refractivity contribution in [2.24, 2.45) is 0 Å². The molecule has 2 amide bonds. The van der Waals surface area contributed by atoms with Gasteiger partial charge in [-0.1, -0.05) is 78.9 Å². The molecule has 0 bridgehead atoms. The lowest BCUT2D eigenvalue weighted by molar-refractivity contribution is -0.133. The van der Waals surface area contributed by atoms with Crippen molar-refractivity contribution < 1.29 is 9.59 Å². The van der Waals surface area contributed by atoms with Crippen molar-refractivity contribution in [3.05, 3.63) is 108 Å². The van der Waals surface area contributed by atoms with E-state index in [1.807, 2.05) is 35.2 Å². The minimum atomic E-state index is -0.142. The van der Waals surface area contributed by atoms with E-state index in [9.17, 15) is 9.59 Å². The molecule has 4 rings (SSSR count). The molecular weight excluding hydrogens is 398 g/mol. The van der Waals surface area contributed by atoms with Crippen molar-refractivity contribution in [2.45, 2.75) is 12.5 Å². The molecule has 1 fully saturated rings. The van der Waals surface area contributed by atoms with Crippen LogP contribution >= 0.6 is 0 Å². The molecule has 3 aromatic rings. The summed E-state index contributed by atoms with van der Waals surface area (Å²) in [5.41, 5.74) is 3.14. The number of amides is 2. The molecule has 5 nitrogen and oxygen atoms in total. The third-order valence-corrected chi connectivity index (χ3v) is 5.92. The fourth-order valence-electron chi connectivity index (χ4n) is 4.25.